The smallest absolute Gasteiger partial charge is 0.387 e. The van der Waals surface area contributed by atoms with E-state index in [0.717, 1.165) is 7.57 Å². The van der Waals surface area contributed by atoms with E-state index >= 15 is 0 Å². The summed E-state index contributed by atoms with van der Waals surface area (Å²) in [5.41, 5.74) is 6.15. The van der Waals surface area contributed by atoms with Gasteiger partial charge in [-0.3, -0.25) is 28.0 Å². The summed E-state index contributed by atoms with van der Waals surface area (Å²) in [6.45, 7) is -1.23. The van der Waals surface area contributed by atoms with Crippen molar-refractivity contribution < 1.29 is 51.8 Å². The predicted molar refractivity (Wildman–Crippen MR) is 150 cm³/mol. The van der Waals surface area contributed by atoms with Crippen molar-refractivity contribution in [3.05, 3.63) is 47.3 Å². The van der Waals surface area contributed by atoms with Gasteiger partial charge in [-0.25, -0.2) is 14.5 Å². The number of fused-ring (bicyclic) bond motifs is 5. The number of nitrogens with zero attached hydrogens (tertiary/aromatic N) is 5. The topological polar surface area (TPSA) is 258 Å². The maximum absolute atomic E-state index is 13.6. The molecule has 3 fully saturated rings. The SMILES string of the molecule is BP1(=O)OCC2OC(n3cnc4ccccc43)C(O)C2OP(=O)(O)OCC2OC(n3cnc4c(=O)[nH]c(N)nc43)C(O1)C2O. The number of aliphatic hydroxyl groups is 2. The second kappa shape index (κ2) is 10.8. The molecule has 19 nitrogen and oxygen atoms in total. The first kappa shape index (κ1) is 29.7. The summed E-state index contributed by atoms with van der Waals surface area (Å²) in [6, 6.07) is 7.06. The molecule has 10 atom stereocenters. The molecule has 7 rings (SSSR count). The van der Waals surface area contributed by atoms with Crippen LogP contribution in [0.2, 0.25) is 0 Å². The number of H-pyrrole nitrogens is 1. The fourth-order valence-corrected chi connectivity index (χ4v) is 7.64. The zero-order valence-electron chi connectivity index (χ0n) is 22.7. The Kier molecular flexibility index (Phi) is 7.30. The number of hydrogen-bond acceptors (Lipinski definition) is 15. The lowest BCUT2D eigenvalue weighted by atomic mass is 10.1. The Morgan fingerprint density at radius 3 is 2.50 bits per heavy atom. The van der Waals surface area contributed by atoms with Crippen molar-refractivity contribution in [3.63, 3.8) is 0 Å². The van der Waals surface area contributed by atoms with E-state index in [1.165, 1.54) is 21.8 Å². The monoisotopic (exact) mass is 653 g/mol. The highest BCUT2D eigenvalue weighted by Gasteiger charge is 2.53. The quantitative estimate of drug-likeness (QED) is 0.127. The minimum atomic E-state index is -4.95. The first-order chi connectivity index (χ1) is 20.9. The molecule has 0 aliphatic carbocycles. The first-order valence-electron chi connectivity index (χ1n) is 13.3. The predicted octanol–water partition coefficient (Wildman–Crippen LogP) is -1.07. The number of aromatic amines is 1. The van der Waals surface area contributed by atoms with Crippen LogP contribution in [-0.2, 0) is 36.7 Å². The third-order valence-electron chi connectivity index (χ3n) is 7.55. The number of para-hydroxylation sites is 2. The Morgan fingerprint density at radius 1 is 0.955 bits per heavy atom. The minimum absolute atomic E-state index is 0.0306. The molecule has 22 heteroatoms. The number of benzene rings is 1. The molecular formula is C22H26BN7O12P2. The molecule has 234 valence electrons. The van der Waals surface area contributed by atoms with Crippen molar-refractivity contribution in [1.29, 1.82) is 0 Å². The molecule has 0 radical (unpaired) electrons. The number of anilines is 1. The normalized spacial score (nSPS) is 38.2. The van der Waals surface area contributed by atoms with Crippen molar-refractivity contribution in [3.8, 4) is 0 Å². The highest BCUT2D eigenvalue weighted by Crippen LogP contribution is 2.53. The number of imidazole rings is 2. The average Bonchev–Trinajstić information content (AvgIpc) is 3.72. The van der Waals surface area contributed by atoms with E-state index in [1.54, 1.807) is 24.3 Å². The number of phosphoric acid groups is 1. The summed E-state index contributed by atoms with van der Waals surface area (Å²) < 4.78 is 63.3. The number of nitrogens with one attached hydrogen (secondary N) is 1. The summed E-state index contributed by atoms with van der Waals surface area (Å²) >= 11 is 0. The molecule has 4 aromatic rings. The molecule has 3 aliphatic rings. The fourth-order valence-electron chi connectivity index (χ4n) is 5.53. The van der Waals surface area contributed by atoms with Crippen LogP contribution in [0.3, 0.4) is 0 Å². The van der Waals surface area contributed by atoms with Crippen LogP contribution in [0.4, 0.5) is 5.95 Å². The third kappa shape index (κ3) is 5.21. The lowest BCUT2D eigenvalue weighted by molar-refractivity contribution is -0.0620. The van der Waals surface area contributed by atoms with E-state index in [-0.39, 0.29) is 17.1 Å². The summed E-state index contributed by atoms with van der Waals surface area (Å²) in [5.74, 6) is -0.222. The molecule has 6 heterocycles. The number of rotatable bonds is 2. The van der Waals surface area contributed by atoms with Crippen LogP contribution in [0.1, 0.15) is 12.5 Å². The van der Waals surface area contributed by atoms with Crippen LogP contribution in [0, 0.1) is 0 Å². The zero-order valence-corrected chi connectivity index (χ0v) is 24.5. The average molecular weight is 653 g/mol. The zero-order chi connectivity index (χ0) is 31.0. The van der Waals surface area contributed by atoms with Gasteiger partial charge in [0.1, 0.15) is 36.6 Å². The van der Waals surface area contributed by atoms with Crippen molar-refractivity contribution in [2.45, 2.75) is 49.1 Å². The van der Waals surface area contributed by atoms with Crippen molar-refractivity contribution in [1.82, 2.24) is 29.1 Å². The lowest BCUT2D eigenvalue weighted by Gasteiger charge is -2.27. The van der Waals surface area contributed by atoms with Gasteiger partial charge in [0.05, 0.1) is 36.9 Å². The number of nitrogens with two attached hydrogens (primary N) is 1. The number of aromatic nitrogens is 6. The van der Waals surface area contributed by atoms with E-state index in [1.807, 2.05) is 0 Å². The summed E-state index contributed by atoms with van der Waals surface area (Å²) in [6.07, 6.45) is -8.42. The van der Waals surface area contributed by atoms with Gasteiger partial charge in [-0.05, 0) is 12.1 Å². The van der Waals surface area contributed by atoms with Crippen LogP contribution in [0.15, 0.2) is 41.7 Å². The van der Waals surface area contributed by atoms with Gasteiger partial charge < -0.3 is 43.9 Å². The Hall–Kier alpha value is -3.00. The van der Waals surface area contributed by atoms with Gasteiger partial charge in [0.25, 0.3) is 20.6 Å². The van der Waals surface area contributed by atoms with Crippen LogP contribution in [0.25, 0.3) is 22.2 Å². The maximum atomic E-state index is 13.6. The number of phosphoric ester groups is 1. The molecule has 0 amide bonds. The number of nitrogen functional groups attached to an aromatic ring is 1. The van der Waals surface area contributed by atoms with Gasteiger partial charge >= 0.3 is 7.82 Å². The Labute approximate surface area is 247 Å². The van der Waals surface area contributed by atoms with Gasteiger partial charge in [-0.2, -0.15) is 4.98 Å². The molecule has 3 aromatic heterocycles. The van der Waals surface area contributed by atoms with Crippen LogP contribution in [-0.4, -0.2) is 102 Å². The standard InChI is InChI=1S/C22H26BN7O12P2/c23-43(34)37-6-12-16(15(32)20(40-12)29-7-25-9-3-1-2-4-10(9)29)42-44(35,36)38-5-11-14(31)17(41-43)21(39-11)30-8-26-13-18(30)27-22(24)28-19(13)33/h1-4,7-8,11-12,14-17,20-21,31-32H,5-6,23H2,(H,35,36)(H3,24,27,28,33). The van der Waals surface area contributed by atoms with E-state index in [0.29, 0.717) is 11.0 Å². The Morgan fingerprint density at radius 2 is 1.68 bits per heavy atom. The second-order valence-electron chi connectivity index (χ2n) is 10.5. The summed E-state index contributed by atoms with van der Waals surface area (Å²) in [4.78, 5) is 37.7. The van der Waals surface area contributed by atoms with E-state index in [2.05, 4.69) is 19.9 Å². The first-order valence-corrected chi connectivity index (χ1v) is 16.8. The van der Waals surface area contributed by atoms with Gasteiger partial charge in [-0.1, -0.05) is 12.1 Å². The maximum Gasteiger partial charge on any atom is 0.472 e. The molecular weight excluding hydrogens is 627 g/mol. The van der Waals surface area contributed by atoms with Gasteiger partial charge in [0.15, 0.2) is 23.6 Å². The molecule has 2 bridgehead atoms. The number of aliphatic hydroxyl groups excluding tert-OH is 2. The second-order valence-corrected chi connectivity index (χ2v) is 13.9. The molecule has 0 saturated carbocycles. The molecule has 10 unspecified atom stereocenters. The Bertz CT molecular complexity index is 1890. The molecule has 1 aromatic carbocycles. The van der Waals surface area contributed by atoms with Crippen molar-refractivity contribution >= 4 is 51.0 Å². The van der Waals surface area contributed by atoms with Gasteiger partial charge in [0, 0.05) is 0 Å². The van der Waals surface area contributed by atoms with Crippen molar-refractivity contribution in [2.24, 2.45) is 0 Å². The largest absolute Gasteiger partial charge is 0.472 e. The van der Waals surface area contributed by atoms with Crippen LogP contribution in [0.5, 0.6) is 0 Å². The molecule has 6 N–H and O–H groups in total. The molecule has 3 aliphatic heterocycles. The van der Waals surface area contributed by atoms with E-state index < -0.39 is 83.1 Å². The van der Waals surface area contributed by atoms with Gasteiger partial charge in [-0.15, -0.1) is 0 Å². The number of hydrogen-bond donors (Lipinski definition) is 5. The van der Waals surface area contributed by atoms with Gasteiger partial charge in [0.2, 0.25) is 5.95 Å². The number of ether oxygens (including phenoxy) is 2. The summed E-state index contributed by atoms with van der Waals surface area (Å²) in [7, 11) is -7.87. The summed E-state index contributed by atoms with van der Waals surface area (Å²) in [5, 5.41) is 22.3. The lowest BCUT2D eigenvalue weighted by Crippen LogP contribution is -2.36. The van der Waals surface area contributed by atoms with Crippen LogP contribution >= 0.6 is 15.3 Å². The van der Waals surface area contributed by atoms with Crippen molar-refractivity contribution in [2.75, 3.05) is 18.9 Å². The fraction of sp³-hybridized carbons (Fsp3) is 0.455. The highest BCUT2D eigenvalue weighted by atomic mass is 31.2. The Balaban J connectivity index is 1.21. The van der Waals surface area contributed by atoms with Crippen LogP contribution < -0.4 is 11.3 Å². The minimum Gasteiger partial charge on any atom is -0.387 e. The third-order valence-corrected chi connectivity index (χ3v) is 9.78. The van der Waals surface area contributed by atoms with E-state index in [9.17, 15) is 29.0 Å². The van der Waals surface area contributed by atoms with E-state index in [4.69, 9.17) is 33.3 Å². The molecule has 3 saturated heterocycles. The molecule has 0 spiro atoms. The highest BCUT2D eigenvalue weighted by molar-refractivity contribution is 7.79. The molecule has 44 heavy (non-hydrogen) atoms.